The molecule has 0 heterocycles. The third-order valence-electron chi connectivity index (χ3n) is 4.27. The summed E-state index contributed by atoms with van der Waals surface area (Å²) in [6, 6.07) is 10.9. The van der Waals surface area contributed by atoms with Crippen molar-refractivity contribution in [2.45, 2.75) is 27.2 Å². The van der Waals surface area contributed by atoms with E-state index in [0.717, 1.165) is 16.8 Å². The number of hydrogen-bond donors (Lipinski definition) is 1. The van der Waals surface area contributed by atoms with Gasteiger partial charge in [0.05, 0.1) is 12.1 Å². The molecule has 0 saturated heterocycles. The Morgan fingerprint density at radius 3 is 2.54 bits per heavy atom. The van der Waals surface area contributed by atoms with Crippen LogP contribution in [0.3, 0.4) is 0 Å². The zero-order valence-electron chi connectivity index (χ0n) is 15.4. The first-order valence-electron chi connectivity index (χ1n) is 8.31. The largest absolute Gasteiger partial charge is 0.495 e. The average molecular weight is 375 g/mol. The molecule has 138 valence electrons. The van der Waals surface area contributed by atoms with E-state index in [2.05, 4.69) is 5.32 Å². The Kier molecular flexibility index (Phi) is 6.64. The molecule has 0 fully saturated rings. The number of benzene rings is 2. The van der Waals surface area contributed by atoms with Gasteiger partial charge in [0.25, 0.3) is 0 Å². The number of nitrogens with zero attached hydrogens (tertiary/aromatic N) is 1. The second kappa shape index (κ2) is 8.72. The number of rotatable bonds is 6. The van der Waals surface area contributed by atoms with Crippen LogP contribution in [0.2, 0.25) is 5.02 Å². The Labute approximate surface area is 158 Å². The molecule has 26 heavy (non-hydrogen) atoms. The summed E-state index contributed by atoms with van der Waals surface area (Å²) in [7, 11) is 1.53. The number of anilines is 2. The normalized spacial score (nSPS) is 10.3. The number of ether oxygens (including phenoxy) is 1. The van der Waals surface area contributed by atoms with Gasteiger partial charge in [-0.1, -0.05) is 23.7 Å². The Balaban J connectivity index is 2.06. The molecule has 0 aliphatic carbocycles. The van der Waals surface area contributed by atoms with Crippen molar-refractivity contribution < 1.29 is 14.3 Å². The summed E-state index contributed by atoms with van der Waals surface area (Å²) in [4.78, 5) is 25.8. The van der Waals surface area contributed by atoms with Crippen LogP contribution in [0.5, 0.6) is 5.75 Å². The third kappa shape index (κ3) is 4.76. The van der Waals surface area contributed by atoms with Gasteiger partial charge in [0.2, 0.25) is 11.8 Å². The molecule has 1 N–H and O–H groups in total. The van der Waals surface area contributed by atoms with Crippen LogP contribution < -0.4 is 15.0 Å². The van der Waals surface area contributed by atoms with Gasteiger partial charge in [-0.05, 0) is 49.2 Å². The number of methoxy groups -OCH3 is 1. The van der Waals surface area contributed by atoms with E-state index in [1.54, 1.807) is 18.2 Å². The predicted molar refractivity (Wildman–Crippen MR) is 105 cm³/mol. The summed E-state index contributed by atoms with van der Waals surface area (Å²) in [6.45, 7) is 5.68. The first-order chi connectivity index (χ1) is 12.3. The molecule has 2 aromatic carbocycles. The number of carbonyl (C=O) groups is 2. The van der Waals surface area contributed by atoms with Crippen LogP contribution in [0.25, 0.3) is 0 Å². The lowest BCUT2D eigenvalue weighted by Gasteiger charge is -2.22. The van der Waals surface area contributed by atoms with Crippen LogP contribution in [0.4, 0.5) is 11.4 Å². The van der Waals surface area contributed by atoms with Crippen molar-refractivity contribution in [2.24, 2.45) is 0 Å². The number of hydrogen-bond acceptors (Lipinski definition) is 3. The lowest BCUT2D eigenvalue weighted by molar-refractivity contribution is -0.117. The second-order valence-electron chi connectivity index (χ2n) is 6.04. The van der Waals surface area contributed by atoms with Gasteiger partial charge < -0.3 is 15.0 Å². The van der Waals surface area contributed by atoms with Crippen LogP contribution in [0, 0.1) is 13.8 Å². The van der Waals surface area contributed by atoms with Crippen molar-refractivity contribution in [3.05, 3.63) is 52.5 Å². The number of aryl methyl sites for hydroxylation is 1. The summed E-state index contributed by atoms with van der Waals surface area (Å²) in [5.74, 6) is 0.224. The highest BCUT2D eigenvalue weighted by Gasteiger charge is 2.15. The molecule has 0 unspecified atom stereocenters. The topological polar surface area (TPSA) is 58.6 Å². The molecule has 0 aromatic heterocycles. The molecule has 2 rings (SSSR count). The quantitative estimate of drug-likeness (QED) is 0.817. The van der Waals surface area contributed by atoms with Crippen molar-refractivity contribution in [2.75, 3.05) is 23.9 Å². The van der Waals surface area contributed by atoms with Crippen molar-refractivity contribution in [1.29, 1.82) is 0 Å². The van der Waals surface area contributed by atoms with Crippen LogP contribution >= 0.6 is 11.6 Å². The Morgan fingerprint density at radius 1 is 1.19 bits per heavy atom. The first-order valence-corrected chi connectivity index (χ1v) is 8.69. The minimum Gasteiger partial charge on any atom is -0.495 e. The van der Waals surface area contributed by atoms with Gasteiger partial charge in [-0.3, -0.25) is 9.59 Å². The van der Waals surface area contributed by atoms with E-state index in [0.29, 0.717) is 16.5 Å². The third-order valence-corrected chi connectivity index (χ3v) is 4.56. The predicted octanol–water partition coefficient (Wildman–Crippen LogP) is 4.35. The van der Waals surface area contributed by atoms with Gasteiger partial charge in [-0.25, -0.2) is 0 Å². The molecule has 0 spiro atoms. The fraction of sp³-hybridized carbons (Fsp3) is 0.300. The van der Waals surface area contributed by atoms with Crippen molar-refractivity contribution >= 4 is 34.8 Å². The van der Waals surface area contributed by atoms with E-state index in [-0.39, 0.29) is 24.8 Å². The SMILES string of the molecule is COc1ccc(N(CCC(=O)Nc2cccc(C)c2C)C(C)=O)cc1Cl. The van der Waals surface area contributed by atoms with Crippen LogP contribution in [0.15, 0.2) is 36.4 Å². The molecule has 2 aromatic rings. The Bertz CT molecular complexity index is 821. The zero-order chi connectivity index (χ0) is 19.3. The standard InChI is InChI=1S/C20H23ClN2O3/c1-13-6-5-7-18(14(13)2)22-20(25)10-11-23(15(3)24)16-8-9-19(26-4)17(21)12-16/h5-9,12H,10-11H2,1-4H3,(H,22,25). The van der Waals surface area contributed by atoms with Gasteiger partial charge >= 0.3 is 0 Å². The molecule has 0 aliphatic rings. The Morgan fingerprint density at radius 2 is 1.92 bits per heavy atom. The summed E-state index contributed by atoms with van der Waals surface area (Å²) in [5.41, 5.74) is 3.56. The molecule has 0 saturated carbocycles. The summed E-state index contributed by atoms with van der Waals surface area (Å²) < 4.78 is 5.13. The van der Waals surface area contributed by atoms with E-state index < -0.39 is 0 Å². The average Bonchev–Trinajstić information content (AvgIpc) is 2.59. The van der Waals surface area contributed by atoms with Gasteiger partial charge in [-0.2, -0.15) is 0 Å². The Hall–Kier alpha value is -2.53. The molecule has 0 atom stereocenters. The highest BCUT2D eigenvalue weighted by molar-refractivity contribution is 6.32. The molecule has 6 heteroatoms. The minimum atomic E-state index is -0.161. The van der Waals surface area contributed by atoms with Gasteiger partial charge in [0.15, 0.2) is 0 Å². The van der Waals surface area contributed by atoms with Crippen LogP contribution in [-0.2, 0) is 9.59 Å². The number of nitrogens with one attached hydrogen (secondary N) is 1. The van der Waals surface area contributed by atoms with E-state index in [1.165, 1.54) is 18.9 Å². The van der Waals surface area contributed by atoms with E-state index in [9.17, 15) is 9.59 Å². The van der Waals surface area contributed by atoms with Crippen molar-refractivity contribution in [1.82, 2.24) is 0 Å². The van der Waals surface area contributed by atoms with Crippen molar-refractivity contribution in [3.8, 4) is 5.75 Å². The minimum absolute atomic E-state index is 0.149. The van der Waals surface area contributed by atoms with E-state index in [4.69, 9.17) is 16.3 Å². The number of halogens is 1. The van der Waals surface area contributed by atoms with E-state index in [1.807, 2.05) is 32.0 Å². The van der Waals surface area contributed by atoms with Gasteiger partial charge in [0.1, 0.15) is 5.75 Å². The summed E-state index contributed by atoms with van der Waals surface area (Å²) in [6.07, 6.45) is 0.177. The smallest absolute Gasteiger partial charge is 0.226 e. The summed E-state index contributed by atoms with van der Waals surface area (Å²) in [5, 5.41) is 3.32. The lowest BCUT2D eigenvalue weighted by atomic mass is 10.1. The summed E-state index contributed by atoms with van der Waals surface area (Å²) >= 11 is 6.14. The number of carbonyl (C=O) groups excluding carboxylic acids is 2. The second-order valence-corrected chi connectivity index (χ2v) is 6.44. The lowest BCUT2D eigenvalue weighted by Crippen LogP contribution is -2.32. The monoisotopic (exact) mass is 374 g/mol. The first kappa shape index (κ1) is 19.8. The zero-order valence-corrected chi connectivity index (χ0v) is 16.2. The molecule has 2 amide bonds. The molecule has 0 aliphatic heterocycles. The maximum atomic E-state index is 12.3. The molecular weight excluding hydrogens is 352 g/mol. The fourth-order valence-corrected chi connectivity index (χ4v) is 2.86. The van der Waals surface area contributed by atoms with E-state index >= 15 is 0 Å². The molecule has 0 bridgehead atoms. The van der Waals surface area contributed by atoms with Gasteiger partial charge in [-0.15, -0.1) is 0 Å². The molecular formula is C20H23ClN2O3. The molecule has 5 nitrogen and oxygen atoms in total. The maximum Gasteiger partial charge on any atom is 0.226 e. The van der Waals surface area contributed by atoms with Crippen LogP contribution in [0.1, 0.15) is 24.5 Å². The van der Waals surface area contributed by atoms with Crippen molar-refractivity contribution in [3.63, 3.8) is 0 Å². The van der Waals surface area contributed by atoms with Gasteiger partial charge in [0, 0.05) is 31.3 Å². The number of amides is 2. The maximum absolute atomic E-state index is 12.3. The highest BCUT2D eigenvalue weighted by atomic mass is 35.5. The van der Waals surface area contributed by atoms with Crippen LogP contribution in [-0.4, -0.2) is 25.5 Å². The fourth-order valence-electron chi connectivity index (χ4n) is 2.60. The highest BCUT2D eigenvalue weighted by Crippen LogP contribution is 2.29. The molecule has 0 radical (unpaired) electrons.